The molecule has 1 heterocycles. The van der Waals surface area contributed by atoms with E-state index in [1.165, 1.54) is 0 Å². The molecule has 1 aliphatic rings. The average molecular weight is 552 g/mol. The molecule has 4 aromatic carbocycles. The van der Waals surface area contributed by atoms with Gasteiger partial charge in [-0.1, -0.05) is 66.7 Å². The summed E-state index contributed by atoms with van der Waals surface area (Å²) in [6.07, 6.45) is 4.06. The Balaban J connectivity index is 1.05. The minimum absolute atomic E-state index is 0.333. The van der Waals surface area contributed by atoms with Crippen molar-refractivity contribution in [2.24, 2.45) is 11.8 Å². The van der Waals surface area contributed by atoms with E-state index in [4.69, 9.17) is 9.97 Å². The largest absolute Gasteiger partial charge is 0.354 e. The number of aromatic nitrogens is 2. The number of nitrogens with one attached hydrogen (secondary N) is 3. The van der Waals surface area contributed by atoms with Crippen LogP contribution in [0.3, 0.4) is 0 Å². The number of para-hydroxylation sites is 2. The molecule has 0 spiro atoms. The third-order valence-electron chi connectivity index (χ3n) is 7.76. The number of rotatable bonds is 9. The molecule has 7 nitrogen and oxygen atoms in total. The summed E-state index contributed by atoms with van der Waals surface area (Å²) in [5.41, 5.74) is 1.87. The Bertz CT molecular complexity index is 1710. The summed E-state index contributed by atoms with van der Waals surface area (Å²) in [6.45, 7) is 1.26. The topological polar surface area (TPSA) is 96.0 Å². The highest BCUT2D eigenvalue weighted by molar-refractivity contribution is 7.89. The predicted octanol–water partition coefficient (Wildman–Crippen LogP) is 6.72. The molecule has 40 heavy (non-hydrogen) atoms. The number of hydrogen-bond donors (Lipinski definition) is 3. The van der Waals surface area contributed by atoms with Crippen LogP contribution in [0.25, 0.3) is 21.7 Å². The van der Waals surface area contributed by atoms with Crippen molar-refractivity contribution in [2.45, 2.75) is 30.6 Å². The molecular weight excluding hydrogens is 518 g/mol. The van der Waals surface area contributed by atoms with Crippen molar-refractivity contribution >= 4 is 49.2 Å². The average Bonchev–Trinajstić information content (AvgIpc) is 3.00. The Hall–Kier alpha value is -4.01. The van der Waals surface area contributed by atoms with Crippen LogP contribution in [0.4, 0.5) is 17.5 Å². The molecule has 6 rings (SSSR count). The summed E-state index contributed by atoms with van der Waals surface area (Å²) < 4.78 is 29.1. The Morgan fingerprint density at radius 3 is 2.12 bits per heavy atom. The van der Waals surface area contributed by atoms with E-state index in [2.05, 4.69) is 15.4 Å². The van der Waals surface area contributed by atoms with Gasteiger partial charge in [0, 0.05) is 29.5 Å². The SMILES string of the molecule is O=S(=O)(NCC1CCC(CNc2nc(Nc3ccccc3)c3ccccc3n2)CC1)c1cccc2ccccc12. The quantitative estimate of drug-likeness (QED) is 0.188. The van der Waals surface area contributed by atoms with Gasteiger partial charge < -0.3 is 10.6 Å². The molecule has 3 N–H and O–H groups in total. The van der Waals surface area contributed by atoms with Crippen LogP contribution in [-0.4, -0.2) is 31.5 Å². The fraction of sp³-hybridized carbons (Fsp3) is 0.250. The zero-order valence-electron chi connectivity index (χ0n) is 22.3. The Morgan fingerprint density at radius 2 is 1.32 bits per heavy atom. The molecule has 0 bridgehead atoms. The van der Waals surface area contributed by atoms with Crippen molar-refractivity contribution in [3.8, 4) is 0 Å². The van der Waals surface area contributed by atoms with Gasteiger partial charge in [-0.3, -0.25) is 0 Å². The number of hydrogen-bond acceptors (Lipinski definition) is 6. The molecule has 1 fully saturated rings. The maximum Gasteiger partial charge on any atom is 0.241 e. The first-order chi connectivity index (χ1) is 19.5. The van der Waals surface area contributed by atoms with E-state index >= 15 is 0 Å². The van der Waals surface area contributed by atoms with Gasteiger partial charge in [0.25, 0.3) is 0 Å². The number of fused-ring (bicyclic) bond motifs is 2. The zero-order chi connectivity index (χ0) is 27.4. The lowest BCUT2D eigenvalue weighted by atomic mass is 9.82. The van der Waals surface area contributed by atoms with Gasteiger partial charge in [0.05, 0.1) is 10.4 Å². The first kappa shape index (κ1) is 26.2. The molecular formula is C32H33N5O2S. The van der Waals surface area contributed by atoms with Crippen molar-refractivity contribution < 1.29 is 8.42 Å². The molecule has 1 saturated carbocycles. The Kier molecular flexibility index (Phi) is 7.62. The van der Waals surface area contributed by atoms with Crippen LogP contribution in [0.5, 0.6) is 0 Å². The van der Waals surface area contributed by atoms with Crippen LogP contribution in [0, 0.1) is 11.8 Å². The van der Waals surface area contributed by atoms with Crippen LogP contribution in [0.1, 0.15) is 25.7 Å². The van der Waals surface area contributed by atoms with Gasteiger partial charge in [-0.15, -0.1) is 0 Å². The summed E-state index contributed by atoms with van der Waals surface area (Å²) in [5.74, 6) is 2.22. The van der Waals surface area contributed by atoms with Gasteiger partial charge >= 0.3 is 0 Å². The molecule has 0 atom stereocenters. The first-order valence-electron chi connectivity index (χ1n) is 13.9. The monoisotopic (exact) mass is 551 g/mol. The maximum atomic E-state index is 13.1. The normalized spacial score (nSPS) is 17.6. The van der Waals surface area contributed by atoms with E-state index in [0.29, 0.717) is 29.2 Å². The summed E-state index contributed by atoms with van der Waals surface area (Å²) in [6, 6.07) is 31.1. The maximum absolute atomic E-state index is 13.1. The van der Waals surface area contributed by atoms with E-state index in [1.807, 2.05) is 84.9 Å². The van der Waals surface area contributed by atoms with Crippen LogP contribution in [-0.2, 0) is 10.0 Å². The number of benzene rings is 4. The highest BCUT2D eigenvalue weighted by Gasteiger charge is 2.24. The van der Waals surface area contributed by atoms with Gasteiger partial charge in [0.2, 0.25) is 16.0 Å². The first-order valence-corrected chi connectivity index (χ1v) is 15.3. The lowest BCUT2D eigenvalue weighted by Crippen LogP contribution is -2.32. The third kappa shape index (κ3) is 5.93. The second-order valence-electron chi connectivity index (χ2n) is 10.5. The molecule has 8 heteroatoms. The molecule has 0 saturated heterocycles. The van der Waals surface area contributed by atoms with Gasteiger partial charge in [-0.05, 0) is 73.2 Å². The molecule has 0 aliphatic heterocycles. The molecule has 0 unspecified atom stereocenters. The highest BCUT2D eigenvalue weighted by atomic mass is 32.2. The van der Waals surface area contributed by atoms with E-state index < -0.39 is 10.0 Å². The molecule has 0 amide bonds. The summed E-state index contributed by atoms with van der Waals surface area (Å²) >= 11 is 0. The standard InChI is InChI=1S/C32H33N5O2S/c38-40(39,30-16-8-10-25-9-4-5-13-27(25)30)34-22-24-19-17-23(18-20-24)21-33-32-36-29-15-7-6-14-28(29)31(37-32)35-26-11-2-1-3-12-26/h1-16,23-24,34H,17-22H2,(H2,33,35,36,37). The van der Waals surface area contributed by atoms with Gasteiger partial charge in [0.1, 0.15) is 5.82 Å². The van der Waals surface area contributed by atoms with Crippen molar-refractivity contribution in [1.82, 2.24) is 14.7 Å². The second-order valence-corrected chi connectivity index (χ2v) is 12.2. The highest BCUT2D eigenvalue weighted by Crippen LogP contribution is 2.30. The minimum atomic E-state index is -3.58. The Labute approximate surface area is 235 Å². The lowest BCUT2D eigenvalue weighted by molar-refractivity contribution is 0.284. The number of nitrogens with zero attached hydrogens (tertiary/aromatic N) is 2. The third-order valence-corrected chi connectivity index (χ3v) is 9.24. The molecule has 0 radical (unpaired) electrons. The summed E-state index contributed by atoms with van der Waals surface area (Å²) in [5, 5.41) is 9.56. The molecule has 5 aromatic rings. The fourth-order valence-electron chi connectivity index (χ4n) is 5.52. The van der Waals surface area contributed by atoms with Crippen LogP contribution >= 0.6 is 0 Å². The van der Waals surface area contributed by atoms with Crippen LogP contribution in [0.15, 0.2) is 102 Å². The Morgan fingerprint density at radius 1 is 0.675 bits per heavy atom. The molecule has 1 aromatic heterocycles. The molecule has 1 aliphatic carbocycles. The minimum Gasteiger partial charge on any atom is -0.354 e. The van der Waals surface area contributed by atoms with Gasteiger partial charge in [-0.25, -0.2) is 18.1 Å². The van der Waals surface area contributed by atoms with Gasteiger partial charge in [-0.2, -0.15) is 4.98 Å². The van der Waals surface area contributed by atoms with E-state index in [-0.39, 0.29) is 0 Å². The summed E-state index contributed by atoms with van der Waals surface area (Å²) in [7, 11) is -3.58. The second kappa shape index (κ2) is 11.6. The van der Waals surface area contributed by atoms with E-state index in [1.54, 1.807) is 12.1 Å². The van der Waals surface area contributed by atoms with Crippen LogP contribution in [0.2, 0.25) is 0 Å². The van der Waals surface area contributed by atoms with Crippen molar-refractivity contribution in [3.05, 3.63) is 97.1 Å². The lowest BCUT2D eigenvalue weighted by Gasteiger charge is -2.28. The van der Waals surface area contributed by atoms with Crippen molar-refractivity contribution in [1.29, 1.82) is 0 Å². The fourth-order valence-corrected chi connectivity index (χ4v) is 6.86. The van der Waals surface area contributed by atoms with E-state index in [0.717, 1.165) is 65.4 Å². The van der Waals surface area contributed by atoms with Crippen molar-refractivity contribution in [2.75, 3.05) is 23.7 Å². The van der Waals surface area contributed by atoms with Crippen molar-refractivity contribution in [3.63, 3.8) is 0 Å². The number of anilines is 3. The van der Waals surface area contributed by atoms with E-state index in [9.17, 15) is 8.42 Å². The smallest absolute Gasteiger partial charge is 0.241 e. The zero-order valence-corrected chi connectivity index (χ0v) is 23.1. The predicted molar refractivity (Wildman–Crippen MR) is 162 cm³/mol. The van der Waals surface area contributed by atoms with Crippen LogP contribution < -0.4 is 15.4 Å². The summed E-state index contributed by atoms with van der Waals surface area (Å²) in [4.78, 5) is 9.88. The van der Waals surface area contributed by atoms with Gasteiger partial charge in [0.15, 0.2) is 0 Å². The molecule has 204 valence electrons. The number of sulfonamides is 1.